The van der Waals surface area contributed by atoms with E-state index >= 15 is 0 Å². The van der Waals surface area contributed by atoms with Crippen molar-refractivity contribution < 1.29 is 35.2 Å². The molecule has 1 amide bonds. The molecule has 0 saturated heterocycles. The first kappa shape index (κ1) is 29.4. The number of carbonyl (C=O) groups is 1. The minimum Gasteiger partial charge on any atom is -0.457 e. The number of rotatable bonds is 7. The molecule has 0 radical (unpaired) electrons. The number of nitrogens with zero attached hydrogens (tertiary/aromatic N) is 3. The van der Waals surface area contributed by atoms with Crippen LogP contribution in [0.4, 0.5) is 10.1 Å². The zero-order chi connectivity index (χ0) is 30.4. The maximum atomic E-state index is 13.5. The molecule has 0 aliphatic carbocycles. The van der Waals surface area contributed by atoms with Gasteiger partial charge in [-0.1, -0.05) is 18.2 Å². The van der Waals surface area contributed by atoms with Gasteiger partial charge < -0.3 is 19.8 Å². The van der Waals surface area contributed by atoms with Gasteiger partial charge in [0.25, 0.3) is 0 Å². The number of aromatic nitrogens is 2. The smallest absolute Gasteiger partial charge is 0.247 e. The average molecular weight is 615 g/mol. The van der Waals surface area contributed by atoms with Gasteiger partial charge in [-0.3, -0.25) is 4.79 Å². The fraction of sp³-hybridized carbons (Fsp3) is 0.250. The van der Waals surface area contributed by atoms with Crippen LogP contribution < -0.4 is 15.4 Å². The highest BCUT2D eigenvalue weighted by Gasteiger charge is 2.39. The van der Waals surface area contributed by atoms with Crippen LogP contribution in [0.3, 0.4) is 0 Å². The second-order valence-corrected chi connectivity index (χ2v) is 15.0. The predicted octanol–water partition coefficient (Wildman–Crippen LogP) is 3.60. The van der Waals surface area contributed by atoms with E-state index in [-0.39, 0.29) is 34.5 Å². The summed E-state index contributed by atoms with van der Waals surface area (Å²) < 4.78 is 74.2. The second-order valence-electron chi connectivity index (χ2n) is 10.4. The zero-order valence-electron chi connectivity index (χ0n) is 22.8. The largest absolute Gasteiger partial charge is 0.457 e. The Morgan fingerprint density at radius 2 is 1.79 bits per heavy atom. The zero-order valence-corrected chi connectivity index (χ0v) is 24.4. The molecule has 4 aromatic rings. The first-order valence-corrected chi connectivity index (χ1v) is 16.2. The molecule has 1 atom stereocenters. The van der Waals surface area contributed by atoms with Gasteiger partial charge in [-0.05, 0) is 61.9 Å². The van der Waals surface area contributed by atoms with Crippen LogP contribution in [0, 0.1) is 5.82 Å². The summed E-state index contributed by atoms with van der Waals surface area (Å²) >= 11 is 0. The number of hydrogen-bond acceptors (Lipinski definition) is 10. The van der Waals surface area contributed by atoms with Gasteiger partial charge >= 0.3 is 0 Å². The molecule has 0 fully saturated rings. The highest BCUT2D eigenvalue weighted by atomic mass is 32.2. The number of nitrogens with two attached hydrogens (primary N) is 1. The van der Waals surface area contributed by atoms with E-state index in [0.717, 1.165) is 6.26 Å². The maximum Gasteiger partial charge on any atom is 0.247 e. The van der Waals surface area contributed by atoms with Crippen molar-refractivity contribution >= 4 is 31.3 Å². The molecule has 0 bridgehead atoms. The number of amides is 1. The van der Waals surface area contributed by atoms with E-state index in [4.69, 9.17) is 14.9 Å². The third-order valence-corrected chi connectivity index (χ3v) is 10.8. The van der Waals surface area contributed by atoms with Crippen LogP contribution in [-0.2, 0) is 35.8 Å². The second kappa shape index (κ2) is 10.6. The van der Waals surface area contributed by atoms with Gasteiger partial charge in [0.2, 0.25) is 17.7 Å². The summed E-state index contributed by atoms with van der Waals surface area (Å²) in [4.78, 5) is 14.6. The van der Waals surface area contributed by atoms with E-state index in [1.54, 1.807) is 30.3 Å². The van der Waals surface area contributed by atoms with Gasteiger partial charge in [-0.15, -0.1) is 10.2 Å². The van der Waals surface area contributed by atoms with Crippen LogP contribution in [0.2, 0.25) is 0 Å². The number of halogens is 1. The van der Waals surface area contributed by atoms with Crippen molar-refractivity contribution in [1.82, 2.24) is 10.2 Å². The van der Waals surface area contributed by atoms with Crippen LogP contribution in [-0.4, -0.2) is 51.0 Å². The van der Waals surface area contributed by atoms with Gasteiger partial charge in [0.05, 0.1) is 28.9 Å². The normalized spacial score (nSPS) is 17.0. The Kier molecular flexibility index (Phi) is 7.41. The van der Waals surface area contributed by atoms with E-state index in [2.05, 4.69) is 10.2 Å². The Balaban J connectivity index is 1.50. The summed E-state index contributed by atoms with van der Waals surface area (Å²) in [6.45, 7) is 2.83. The Hall–Kier alpha value is -4.14. The lowest BCUT2D eigenvalue weighted by Crippen LogP contribution is -2.45. The summed E-state index contributed by atoms with van der Waals surface area (Å²) in [5.41, 5.74) is 6.99. The first-order valence-electron chi connectivity index (χ1n) is 12.7. The highest BCUT2D eigenvalue weighted by molar-refractivity contribution is 7.92. The van der Waals surface area contributed by atoms with Crippen molar-refractivity contribution in [2.45, 2.75) is 36.1 Å². The number of anilines is 1. The molecular weight excluding hydrogens is 587 g/mol. The number of sulfone groups is 2. The van der Waals surface area contributed by atoms with Crippen molar-refractivity contribution in [2.24, 2.45) is 5.73 Å². The summed E-state index contributed by atoms with van der Waals surface area (Å²) in [6.07, 6.45) is 1.05. The molecule has 2 heterocycles. The molecular formula is C28H27FN4O7S2. The standard InChI is InChI=1S/C28H27FN4O7S2/c1-28(2,41(3,35)36)27-32-31-25(40-27)18-9-12-24-23(13-18)33(26(34)22(30)16-42(24,37)38)15-17-7-10-20(11-8-17)39-21-6-4-5-19(29)14-21/h4-14,22H,15-16,30H2,1-3H3/t22-/m0/s1. The summed E-state index contributed by atoms with van der Waals surface area (Å²) in [5, 5.41) is 7.87. The van der Waals surface area contributed by atoms with E-state index in [1.165, 1.54) is 55.1 Å². The molecule has 1 aliphatic heterocycles. The molecule has 42 heavy (non-hydrogen) atoms. The van der Waals surface area contributed by atoms with Gasteiger partial charge in [0, 0.05) is 17.9 Å². The molecule has 0 saturated carbocycles. The third-order valence-electron chi connectivity index (χ3n) is 6.98. The quantitative estimate of drug-likeness (QED) is 0.325. The van der Waals surface area contributed by atoms with Crippen molar-refractivity contribution in [3.63, 3.8) is 0 Å². The van der Waals surface area contributed by atoms with Crippen LogP contribution in [0.1, 0.15) is 25.3 Å². The van der Waals surface area contributed by atoms with Crippen LogP contribution in [0.15, 0.2) is 76.0 Å². The molecule has 14 heteroatoms. The van der Waals surface area contributed by atoms with Crippen molar-refractivity contribution in [3.05, 3.63) is 84.0 Å². The van der Waals surface area contributed by atoms with Crippen molar-refractivity contribution in [3.8, 4) is 23.0 Å². The molecule has 11 nitrogen and oxygen atoms in total. The van der Waals surface area contributed by atoms with Crippen LogP contribution in [0.25, 0.3) is 11.5 Å². The van der Waals surface area contributed by atoms with Gasteiger partial charge in [-0.25, -0.2) is 21.2 Å². The minimum absolute atomic E-state index is 0.0328. The Morgan fingerprint density at radius 3 is 2.45 bits per heavy atom. The molecule has 3 aromatic carbocycles. The molecule has 0 spiro atoms. The lowest BCUT2D eigenvalue weighted by Gasteiger charge is -2.24. The maximum absolute atomic E-state index is 13.5. The van der Waals surface area contributed by atoms with E-state index in [9.17, 15) is 26.0 Å². The van der Waals surface area contributed by atoms with E-state index in [1.807, 2.05) is 0 Å². The van der Waals surface area contributed by atoms with Crippen LogP contribution >= 0.6 is 0 Å². The number of benzene rings is 3. The average Bonchev–Trinajstić information content (AvgIpc) is 3.40. The Labute approximate surface area is 242 Å². The molecule has 1 aromatic heterocycles. The summed E-state index contributed by atoms with van der Waals surface area (Å²) in [7, 11) is -7.56. The number of hydrogen-bond donors (Lipinski definition) is 1. The van der Waals surface area contributed by atoms with Gasteiger partial charge in [0.15, 0.2) is 19.7 Å². The van der Waals surface area contributed by atoms with E-state index < -0.39 is 47.9 Å². The van der Waals surface area contributed by atoms with Crippen molar-refractivity contribution in [2.75, 3.05) is 16.9 Å². The molecule has 5 rings (SSSR count). The topological polar surface area (TPSA) is 163 Å². The molecule has 220 valence electrons. The van der Waals surface area contributed by atoms with E-state index in [0.29, 0.717) is 17.1 Å². The van der Waals surface area contributed by atoms with Gasteiger partial charge in [-0.2, -0.15) is 0 Å². The molecule has 1 aliphatic rings. The molecule has 0 unspecified atom stereocenters. The summed E-state index contributed by atoms with van der Waals surface area (Å²) in [5.74, 6) is -1.09. The number of fused-ring (bicyclic) bond motifs is 1. The number of carbonyl (C=O) groups excluding carboxylic acids is 1. The fourth-order valence-electron chi connectivity index (χ4n) is 4.26. The number of ether oxygens (including phenoxy) is 1. The minimum atomic E-state index is -3.95. The Bertz CT molecular complexity index is 1890. The third kappa shape index (κ3) is 5.65. The monoisotopic (exact) mass is 614 g/mol. The fourth-order valence-corrected chi connectivity index (χ4v) is 6.22. The van der Waals surface area contributed by atoms with Gasteiger partial charge in [0.1, 0.15) is 22.1 Å². The Morgan fingerprint density at radius 1 is 1.07 bits per heavy atom. The molecule has 2 N–H and O–H groups in total. The first-order chi connectivity index (χ1) is 19.7. The highest BCUT2D eigenvalue weighted by Crippen LogP contribution is 2.37. The van der Waals surface area contributed by atoms with Crippen LogP contribution in [0.5, 0.6) is 11.5 Å². The predicted molar refractivity (Wildman–Crippen MR) is 152 cm³/mol. The lowest BCUT2D eigenvalue weighted by molar-refractivity contribution is -0.119. The lowest BCUT2D eigenvalue weighted by atomic mass is 10.1. The SMILES string of the molecule is CC(C)(c1nnc(-c2ccc3c(c2)N(Cc2ccc(Oc4cccc(F)c4)cc2)C(=O)[C@@H](N)CS3(=O)=O)o1)S(C)(=O)=O. The summed E-state index contributed by atoms with van der Waals surface area (Å²) in [6, 6.07) is 15.2. The van der Waals surface area contributed by atoms with Crippen molar-refractivity contribution in [1.29, 1.82) is 0 Å².